The van der Waals surface area contributed by atoms with Crippen LogP contribution in [0, 0.1) is 0 Å². The number of rotatable bonds is 3. The second-order valence-electron chi connectivity index (χ2n) is 7.01. The summed E-state index contributed by atoms with van der Waals surface area (Å²) in [7, 11) is 0. The van der Waals surface area contributed by atoms with Gasteiger partial charge in [-0.2, -0.15) is 4.40 Å². The number of aromatic nitrogens is 2. The van der Waals surface area contributed by atoms with Crippen molar-refractivity contribution in [1.82, 2.24) is 4.40 Å². The average Bonchev–Trinajstić information content (AvgIpc) is 3.02. The Hall–Kier alpha value is -3.13. The van der Waals surface area contributed by atoms with Gasteiger partial charge in [0.2, 0.25) is 0 Å². The van der Waals surface area contributed by atoms with Crippen LogP contribution in [0.25, 0.3) is 39.5 Å². The second-order valence-corrected chi connectivity index (χ2v) is 7.01. The first-order valence-corrected chi connectivity index (χ1v) is 9.03. The Morgan fingerprint density at radius 2 is 1.73 bits per heavy atom. The number of allylic oxidation sites excluding steroid dienone is 1. The van der Waals surface area contributed by atoms with Gasteiger partial charge in [0.15, 0.2) is 11.4 Å². The lowest BCUT2D eigenvalue weighted by atomic mass is 9.86. The minimum Gasteiger partial charge on any atom is -0.215 e. The van der Waals surface area contributed by atoms with E-state index in [2.05, 4.69) is 84.2 Å². The number of benzene rings is 2. The Balaban J connectivity index is 2.24. The average molecular weight is 337 g/mol. The molecule has 0 bridgehead atoms. The SMILES string of the molecule is C=Cc1c(C=C)[n+]2c3c4c(cccc4c4ccccc4n13)C(C)C2C=C. The van der Waals surface area contributed by atoms with E-state index < -0.39 is 0 Å². The van der Waals surface area contributed by atoms with Gasteiger partial charge in [-0.3, -0.25) is 0 Å². The fourth-order valence-electron chi connectivity index (χ4n) is 4.79. The Morgan fingerprint density at radius 3 is 2.46 bits per heavy atom. The van der Waals surface area contributed by atoms with Crippen molar-refractivity contribution in [1.29, 1.82) is 0 Å². The molecule has 126 valence electrons. The number of pyridine rings is 1. The maximum absolute atomic E-state index is 4.14. The van der Waals surface area contributed by atoms with Gasteiger partial charge in [0, 0.05) is 16.7 Å². The summed E-state index contributed by atoms with van der Waals surface area (Å²) in [6.45, 7) is 14.6. The van der Waals surface area contributed by atoms with Crippen LogP contribution in [0.3, 0.4) is 0 Å². The molecule has 3 heterocycles. The van der Waals surface area contributed by atoms with Gasteiger partial charge in [0.25, 0.3) is 5.65 Å². The first-order chi connectivity index (χ1) is 12.7. The summed E-state index contributed by atoms with van der Waals surface area (Å²) in [5.74, 6) is 0.345. The second kappa shape index (κ2) is 5.18. The molecule has 2 unspecified atom stereocenters. The van der Waals surface area contributed by atoms with Crippen LogP contribution in [-0.2, 0) is 0 Å². The number of para-hydroxylation sites is 1. The van der Waals surface area contributed by atoms with Gasteiger partial charge in [0.1, 0.15) is 11.6 Å². The molecule has 2 nitrogen and oxygen atoms in total. The van der Waals surface area contributed by atoms with Crippen molar-refractivity contribution in [3.05, 3.63) is 85.2 Å². The van der Waals surface area contributed by atoms with Gasteiger partial charge in [-0.05, 0) is 29.9 Å². The van der Waals surface area contributed by atoms with Crippen molar-refractivity contribution >= 4 is 39.5 Å². The zero-order valence-corrected chi connectivity index (χ0v) is 14.9. The Kier molecular flexibility index (Phi) is 3.02. The van der Waals surface area contributed by atoms with Gasteiger partial charge >= 0.3 is 0 Å². The van der Waals surface area contributed by atoms with E-state index in [9.17, 15) is 0 Å². The quantitative estimate of drug-likeness (QED) is 0.259. The third-order valence-electron chi connectivity index (χ3n) is 5.89. The summed E-state index contributed by atoms with van der Waals surface area (Å²) in [5, 5.41) is 3.90. The number of hydrogen-bond acceptors (Lipinski definition) is 0. The smallest absolute Gasteiger partial charge is 0.215 e. The van der Waals surface area contributed by atoms with Gasteiger partial charge in [-0.1, -0.05) is 63.1 Å². The monoisotopic (exact) mass is 337 g/mol. The molecular formula is C24H21N2+. The fraction of sp³-hybridized carbons (Fsp3) is 0.125. The van der Waals surface area contributed by atoms with Crippen molar-refractivity contribution in [3.8, 4) is 0 Å². The van der Waals surface area contributed by atoms with Crippen LogP contribution in [0.2, 0.25) is 0 Å². The predicted molar refractivity (Wildman–Crippen MR) is 110 cm³/mol. The molecule has 0 fully saturated rings. The van der Waals surface area contributed by atoms with Crippen LogP contribution in [0.1, 0.15) is 35.8 Å². The lowest BCUT2D eigenvalue weighted by Gasteiger charge is -2.26. The van der Waals surface area contributed by atoms with E-state index >= 15 is 0 Å². The van der Waals surface area contributed by atoms with E-state index in [1.54, 1.807) is 0 Å². The molecule has 1 aliphatic heterocycles. The Morgan fingerprint density at radius 1 is 0.962 bits per heavy atom. The Bertz CT molecular complexity index is 1260. The van der Waals surface area contributed by atoms with Crippen molar-refractivity contribution < 1.29 is 4.57 Å². The number of imidazole rings is 1. The molecule has 0 amide bonds. The standard InChI is InChI=1S/C24H21N2/c1-5-19-15(4)16-12-10-13-18-17-11-8-9-14-22(17)26-21(7-3)20(6-2)25(19)24(26)23(16)18/h5-15,19H,1-3H2,4H3/q+1. The predicted octanol–water partition coefficient (Wildman–Crippen LogP) is 5.66. The summed E-state index contributed by atoms with van der Waals surface area (Å²) >= 11 is 0. The summed E-state index contributed by atoms with van der Waals surface area (Å²) in [4.78, 5) is 0. The molecule has 0 radical (unpaired) electrons. The molecule has 0 saturated carbocycles. The van der Waals surface area contributed by atoms with Gasteiger partial charge in [0.05, 0.1) is 5.39 Å². The first kappa shape index (κ1) is 15.2. The zero-order valence-electron chi connectivity index (χ0n) is 14.9. The molecule has 4 aromatic rings. The Labute approximate surface area is 153 Å². The summed E-state index contributed by atoms with van der Waals surface area (Å²) < 4.78 is 4.73. The maximum Gasteiger partial charge on any atom is 0.296 e. The van der Waals surface area contributed by atoms with Crippen molar-refractivity contribution in [2.75, 3.05) is 0 Å². The zero-order chi connectivity index (χ0) is 18.0. The molecule has 2 heteroatoms. The molecule has 2 atom stereocenters. The van der Waals surface area contributed by atoms with Crippen LogP contribution < -0.4 is 4.57 Å². The van der Waals surface area contributed by atoms with Gasteiger partial charge in [-0.25, -0.2) is 4.57 Å². The molecule has 26 heavy (non-hydrogen) atoms. The first-order valence-electron chi connectivity index (χ1n) is 9.03. The molecule has 5 rings (SSSR count). The van der Waals surface area contributed by atoms with Crippen molar-refractivity contribution in [2.24, 2.45) is 0 Å². The van der Waals surface area contributed by atoms with E-state index in [0.717, 1.165) is 11.4 Å². The summed E-state index contributed by atoms with van der Waals surface area (Å²) in [6, 6.07) is 15.5. The fourth-order valence-corrected chi connectivity index (χ4v) is 4.79. The molecule has 2 aromatic heterocycles. The van der Waals surface area contributed by atoms with Crippen molar-refractivity contribution in [2.45, 2.75) is 18.9 Å². The topological polar surface area (TPSA) is 8.29 Å². The molecule has 1 aliphatic rings. The number of hydrogen-bond donors (Lipinski definition) is 0. The van der Waals surface area contributed by atoms with Crippen molar-refractivity contribution in [3.63, 3.8) is 0 Å². The molecular weight excluding hydrogens is 316 g/mol. The van der Waals surface area contributed by atoms with Crippen LogP contribution in [0.4, 0.5) is 0 Å². The van der Waals surface area contributed by atoms with Crippen LogP contribution in [0.15, 0.2) is 68.3 Å². The third-order valence-corrected chi connectivity index (χ3v) is 5.89. The highest BCUT2D eigenvalue weighted by Crippen LogP contribution is 2.42. The number of nitrogens with zero attached hydrogens (tertiary/aromatic N) is 2. The third kappa shape index (κ3) is 1.60. The van der Waals surface area contributed by atoms with E-state index in [-0.39, 0.29) is 6.04 Å². The summed E-state index contributed by atoms with van der Waals surface area (Å²) in [6.07, 6.45) is 5.95. The van der Waals surface area contributed by atoms with Crippen LogP contribution in [0.5, 0.6) is 0 Å². The van der Waals surface area contributed by atoms with E-state index in [4.69, 9.17) is 0 Å². The van der Waals surface area contributed by atoms with Gasteiger partial charge in [-0.15, -0.1) is 0 Å². The molecule has 0 spiro atoms. The van der Waals surface area contributed by atoms with Crippen LogP contribution >= 0.6 is 0 Å². The number of fused-ring (bicyclic) bond motifs is 3. The van der Waals surface area contributed by atoms with Gasteiger partial charge < -0.3 is 0 Å². The van der Waals surface area contributed by atoms with E-state index in [1.807, 2.05) is 12.2 Å². The largest absolute Gasteiger partial charge is 0.296 e. The molecule has 2 aromatic carbocycles. The lowest BCUT2D eigenvalue weighted by molar-refractivity contribution is -0.691. The van der Waals surface area contributed by atoms with Crippen LogP contribution in [-0.4, -0.2) is 4.40 Å². The molecule has 0 N–H and O–H groups in total. The summed E-state index contributed by atoms with van der Waals surface area (Å²) in [5.41, 5.74) is 5.98. The highest BCUT2D eigenvalue weighted by atomic mass is 15.2. The van der Waals surface area contributed by atoms with E-state index in [1.165, 1.54) is 32.9 Å². The van der Waals surface area contributed by atoms with E-state index in [0.29, 0.717) is 5.92 Å². The lowest BCUT2D eigenvalue weighted by Crippen LogP contribution is -2.45. The highest BCUT2D eigenvalue weighted by molar-refractivity contribution is 6.13. The molecule has 0 aliphatic carbocycles. The minimum absolute atomic E-state index is 0.186. The minimum atomic E-state index is 0.186. The normalized spacial score (nSPS) is 18.7. The molecule has 0 saturated heterocycles. The highest BCUT2D eigenvalue weighted by Gasteiger charge is 2.38. The maximum atomic E-state index is 4.14.